The largest absolute Gasteiger partial charge is 0.400 e. The number of nitrogens with zero attached hydrogens (tertiary/aromatic N) is 1. The third-order valence-corrected chi connectivity index (χ3v) is 12.2. The normalized spacial score (nSPS) is 12.7. The number of rotatable bonds is 11. The van der Waals surface area contributed by atoms with E-state index in [0.717, 1.165) is 6.04 Å². The molecule has 0 aliphatic carbocycles. The van der Waals surface area contributed by atoms with Crippen molar-refractivity contribution in [2.45, 2.75) is 58.3 Å². The molecule has 0 aliphatic rings. The Hall–Kier alpha value is 0.314. The molecule has 0 saturated carbocycles. The average Bonchev–Trinajstić information content (AvgIpc) is 2.43. The molecule has 0 amide bonds. The van der Waals surface area contributed by atoms with Crippen molar-refractivity contribution in [3.8, 4) is 0 Å². The minimum absolute atomic E-state index is 1.13. The first-order valence-corrected chi connectivity index (χ1v) is 11.8. The van der Waals surface area contributed by atoms with Crippen LogP contribution in [0, 0.1) is 0 Å². The zero-order chi connectivity index (χ0) is 14.0. The monoisotopic (exact) mass is 291 g/mol. The van der Waals surface area contributed by atoms with Crippen LogP contribution in [0.25, 0.3) is 0 Å². The molecular formula is C13H33NO2Si2. The van der Waals surface area contributed by atoms with Crippen LogP contribution in [0.3, 0.4) is 0 Å². The molecule has 0 heterocycles. The van der Waals surface area contributed by atoms with E-state index >= 15 is 0 Å². The van der Waals surface area contributed by atoms with Gasteiger partial charge in [-0.25, -0.2) is 0 Å². The van der Waals surface area contributed by atoms with Gasteiger partial charge in [0.2, 0.25) is 0 Å². The van der Waals surface area contributed by atoms with Crippen LogP contribution in [-0.4, -0.2) is 49.4 Å². The maximum absolute atomic E-state index is 5.39. The van der Waals surface area contributed by atoms with Crippen molar-refractivity contribution >= 4 is 17.5 Å². The lowest BCUT2D eigenvalue weighted by Crippen LogP contribution is -2.52. The van der Waals surface area contributed by atoms with Crippen molar-refractivity contribution in [3.05, 3.63) is 0 Å². The van der Waals surface area contributed by atoms with Crippen molar-refractivity contribution in [3.63, 3.8) is 0 Å². The molecule has 0 aromatic heterocycles. The topological polar surface area (TPSA) is 21.7 Å². The Balaban J connectivity index is 4.32. The third-order valence-electron chi connectivity index (χ3n) is 4.42. The molecule has 0 aromatic carbocycles. The molecule has 5 heteroatoms. The molecule has 18 heavy (non-hydrogen) atoms. The van der Waals surface area contributed by atoms with E-state index in [1.807, 2.05) is 0 Å². The van der Waals surface area contributed by atoms with Gasteiger partial charge in [-0.15, -0.1) is 0 Å². The summed E-state index contributed by atoms with van der Waals surface area (Å²) >= 11 is 0. The van der Waals surface area contributed by atoms with Crippen LogP contribution in [-0.2, 0) is 8.85 Å². The van der Waals surface area contributed by atoms with E-state index in [9.17, 15) is 0 Å². The summed E-state index contributed by atoms with van der Waals surface area (Å²) in [5, 5.41) is 0. The van der Waals surface area contributed by atoms with E-state index in [1.165, 1.54) is 37.6 Å². The van der Waals surface area contributed by atoms with E-state index in [1.54, 1.807) is 14.2 Å². The minimum atomic E-state index is -1.35. The van der Waals surface area contributed by atoms with Gasteiger partial charge in [0.05, 0.1) is 0 Å². The summed E-state index contributed by atoms with van der Waals surface area (Å²) in [7, 11) is 1.03. The molecule has 110 valence electrons. The summed E-state index contributed by atoms with van der Waals surface area (Å²) in [6.07, 6.45) is 1.22. The Morgan fingerprint density at radius 2 is 1.44 bits per heavy atom. The zero-order valence-electron chi connectivity index (χ0n) is 13.3. The highest BCUT2D eigenvalue weighted by atomic mass is 28.3. The maximum Gasteiger partial charge on any atom is 0.320 e. The Labute approximate surface area is 117 Å². The first-order chi connectivity index (χ1) is 8.63. The average molecular weight is 292 g/mol. The molecule has 0 unspecified atom stereocenters. The van der Waals surface area contributed by atoms with Crippen molar-refractivity contribution in [2.24, 2.45) is 0 Å². The van der Waals surface area contributed by atoms with Gasteiger partial charge in [-0.2, -0.15) is 0 Å². The lowest BCUT2D eigenvalue weighted by molar-refractivity contribution is 0.274. The van der Waals surface area contributed by atoms with E-state index in [0.29, 0.717) is 0 Å². The van der Waals surface area contributed by atoms with E-state index in [-0.39, 0.29) is 0 Å². The molecule has 0 fully saturated rings. The van der Waals surface area contributed by atoms with Gasteiger partial charge in [0.1, 0.15) is 8.24 Å². The third kappa shape index (κ3) is 5.13. The van der Waals surface area contributed by atoms with Crippen LogP contribution in [0.4, 0.5) is 0 Å². The lowest BCUT2D eigenvalue weighted by Gasteiger charge is -2.40. The van der Waals surface area contributed by atoms with Gasteiger partial charge >= 0.3 is 9.28 Å². The molecule has 0 aromatic rings. The lowest BCUT2D eigenvalue weighted by atomic mass is 10.5. The zero-order valence-corrected chi connectivity index (χ0v) is 15.4. The summed E-state index contributed by atoms with van der Waals surface area (Å²) in [6.45, 7) is 11.9. The van der Waals surface area contributed by atoms with Crippen molar-refractivity contribution in [1.29, 1.82) is 0 Å². The van der Waals surface area contributed by atoms with Crippen LogP contribution in [0.2, 0.25) is 24.2 Å². The van der Waals surface area contributed by atoms with Crippen molar-refractivity contribution < 1.29 is 8.85 Å². The van der Waals surface area contributed by atoms with Gasteiger partial charge in [0.25, 0.3) is 0 Å². The second-order valence-electron chi connectivity index (χ2n) is 4.91. The summed E-state index contributed by atoms with van der Waals surface area (Å²) in [6, 6.07) is 5.26. The molecule has 0 bridgehead atoms. The van der Waals surface area contributed by atoms with Crippen molar-refractivity contribution in [1.82, 2.24) is 4.57 Å². The molecule has 0 spiro atoms. The maximum atomic E-state index is 5.39. The van der Waals surface area contributed by atoms with E-state index in [4.69, 9.17) is 8.85 Å². The standard InChI is InChI=1S/C13H33NO2Si2/c1-7-14(18(8-2,9-3)10-4)12-11-13-17(15-5)16-6/h17H,7-13H2,1-6H3. The highest BCUT2D eigenvalue weighted by molar-refractivity contribution is 6.77. The SMILES string of the molecule is CCN(CCC[SiH](OC)OC)[Si](CC)(CC)CC. The Morgan fingerprint density at radius 1 is 0.944 bits per heavy atom. The van der Waals surface area contributed by atoms with E-state index < -0.39 is 17.5 Å². The van der Waals surface area contributed by atoms with Crippen LogP contribution < -0.4 is 0 Å². The van der Waals surface area contributed by atoms with Crippen LogP contribution >= 0.6 is 0 Å². The molecule has 0 rings (SSSR count). The predicted octanol–water partition coefficient (Wildman–Crippen LogP) is 3.22. The van der Waals surface area contributed by atoms with Gasteiger partial charge in [-0.05, 0) is 43.7 Å². The minimum Gasteiger partial charge on any atom is -0.400 e. The highest BCUT2D eigenvalue weighted by Crippen LogP contribution is 2.25. The first-order valence-electron chi connectivity index (χ1n) is 7.44. The fourth-order valence-corrected chi connectivity index (χ4v) is 8.26. The first kappa shape index (κ1) is 18.3. The smallest absolute Gasteiger partial charge is 0.320 e. The van der Waals surface area contributed by atoms with Crippen LogP contribution in [0.1, 0.15) is 34.1 Å². The van der Waals surface area contributed by atoms with E-state index in [2.05, 4.69) is 32.3 Å². The van der Waals surface area contributed by atoms with Gasteiger partial charge in [0.15, 0.2) is 0 Å². The molecule has 0 saturated heterocycles. The number of hydrogen-bond acceptors (Lipinski definition) is 3. The molecule has 3 nitrogen and oxygen atoms in total. The highest BCUT2D eigenvalue weighted by Gasteiger charge is 2.33. The van der Waals surface area contributed by atoms with Crippen LogP contribution in [0.5, 0.6) is 0 Å². The fourth-order valence-electron chi connectivity index (χ4n) is 2.93. The van der Waals surface area contributed by atoms with Gasteiger partial charge < -0.3 is 13.4 Å². The summed E-state index contributed by atoms with van der Waals surface area (Å²) in [4.78, 5) is 0. The predicted molar refractivity (Wildman–Crippen MR) is 85.0 cm³/mol. The Morgan fingerprint density at radius 3 is 1.78 bits per heavy atom. The van der Waals surface area contributed by atoms with Crippen molar-refractivity contribution in [2.75, 3.05) is 27.3 Å². The number of hydrogen-bond donors (Lipinski definition) is 0. The van der Waals surface area contributed by atoms with Gasteiger partial charge in [-0.3, -0.25) is 0 Å². The Kier molecular flexibility index (Phi) is 10.3. The van der Waals surface area contributed by atoms with Crippen LogP contribution in [0.15, 0.2) is 0 Å². The second-order valence-corrected chi connectivity index (χ2v) is 12.5. The summed E-state index contributed by atoms with van der Waals surface area (Å²) < 4.78 is 13.6. The van der Waals surface area contributed by atoms with Gasteiger partial charge in [-0.1, -0.05) is 27.7 Å². The summed E-state index contributed by atoms with van der Waals surface area (Å²) in [5.74, 6) is 0. The molecule has 0 radical (unpaired) electrons. The second kappa shape index (κ2) is 10.1. The molecule has 0 aliphatic heterocycles. The quantitative estimate of drug-likeness (QED) is 0.546. The molecular weight excluding hydrogens is 258 g/mol. The molecule has 0 atom stereocenters. The fraction of sp³-hybridized carbons (Fsp3) is 1.00. The van der Waals surface area contributed by atoms with Gasteiger partial charge in [0, 0.05) is 14.2 Å². The summed E-state index contributed by atoms with van der Waals surface area (Å²) in [5.41, 5.74) is 0. The molecule has 0 N–H and O–H groups in total. The Bertz CT molecular complexity index is 189.